The van der Waals surface area contributed by atoms with Gasteiger partial charge < -0.3 is 85.4 Å². The van der Waals surface area contributed by atoms with Crippen LogP contribution in [-0.2, 0) is 70.4 Å². The van der Waals surface area contributed by atoms with E-state index in [2.05, 4.69) is 68.1 Å². The number of hydrogen-bond donors (Lipinski definition) is 16. The molecular formula is C50H76N16O13S. The molecule has 30 heteroatoms. The van der Waals surface area contributed by atoms with Crippen LogP contribution in [0.3, 0.4) is 0 Å². The highest BCUT2D eigenvalue weighted by molar-refractivity contribution is 7.98. The quantitative estimate of drug-likeness (QED) is 0.0262. The third kappa shape index (κ3) is 22.3. The van der Waals surface area contributed by atoms with Gasteiger partial charge in [0.05, 0.1) is 32.6 Å². The molecule has 440 valence electrons. The summed E-state index contributed by atoms with van der Waals surface area (Å²) < 4.78 is 0. The number of aliphatic hydroxyl groups excluding tert-OH is 1. The number of aliphatic hydroxyl groups is 1. The molecule has 0 bridgehead atoms. The van der Waals surface area contributed by atoms with E-state index in [-0.39, 0.29) is 38.0 Å². The molecule has 2 heterocycles. The van der Waals surface area contributed by atoms with Crippen LogP contribution in [-0.4, -0.2) is 178 Å². The zero-order valence-electron chi connectivity index (χ0n) is 45.5. The third-order valence-electron chi connectivity index (χ3n) is 12.2. The SMILES string of the molecule is CSCCC(NC(=O)C(CC(C)C)NC(=O)C(Cc1cnc[nH]1)NC(=O)CNC(=O)C(NC(=O)C(C)NC(=O)C(Cc1c[nH]c2ccccc12)NC(=O)C(CCC(N)=O)NC(=O)CNC(=O)C(CO)NC(=O)CN)C(C)C)C(N)=O. The Kier molecular flexibility index (Phi) is 27.6. The minimum Gasteiger partial charge on any atom is -0.394 e. The van der Waals surface area contributed by atoms with Crippen LogP contribution in [0, 0.1) is 11.8 Å². The number of H-pyrrole nitrogens is 2. The maximum absolute atomic E-state index is 14.2. The molecule has 0 radical (unpaired) electrons. The van der Waals surface area contributed by atoms with Gasteiger partial charge in [0.1, 0.15) is 48.3 Å². The third-order valence-corrected chi connectivity index (χ3v) is 12.8. The van der Waals surface area contributed by atoms with E-state index < -0.39 is 158 Å². The molecule has 3 rings (SSSR count). The fraction of sp³-hybridized carbons (Fsp3) is 0.540. The average Bonchev–Trinajstić information content (AvgIpc) is 4.09. The summed E-state index contributed by atoms with van der Waals surface area (Å²) in [5.74, 6) is -10.1. The van der Waals surface area contributed by atoms with Gasteiger partial charge in [-0.05, 0) is 61.7 Å². The Labute approximate surface area is 465 Å². The average molecular weight is 1140 g/mol. The van der Waals surface area contributed by atoms with Crippen molar-refractivity contribution in [3.63, 3.8) is 0 Å². The van der Waals surface area contributed by atoms with Gasteiger partial charge in [0, 0.05) is 48.3 Å². The van der Waals surface area contributed by atoms with Crippen LogP contribution in [0.1, 0.15) is 71.6 Å². The molecule has 3 aromatic rings. The van der Waals surface area contributed by atoms with E-state index in [0.29, 0.717) is 27.9 Å². The number of fused-ring (bicyclic) bond motifs is 1. The van der Waals surface area contributed by atoms with Crippen molar-refractivity contribution in [3.05, 3.63) is 54.2 Å². The summed E-state index contributed by atoms with van der Waals surface area (Å²) in [4.78, 5) is 167. The first-order chi connectivity index (χ1) is 37.9. The van der Waals surface area contributed by atoms with Gasteiger partial charge >= 0.3 is 0 Å². The van der Waals surface area contributed by atoms with Crippen molar-refractivity contribution >= 4 is 93.6 Å². The van der Waals surface area contributed by atoms with E-state index in [4.69, 9.17) is 17.2 Å². The molecule has 1 aromatic carbocycles. The Bertz CT molecular complexity index is 2630. The summed E-state index contributed by atoms with van der Waals surface area (Å²) in [7, 11) is 0. The van der Waals surface area contributed by atoms with Gasteiger partial charge in [-0.25, -0.2) is 4.98 Å². The summed E-state index contributed by atoms with van der Waals surface area (Å²) in [5, 5.41) is 35.0. The van der Waals surface area contributed by atoms with Crippen molar-refractivity contribution < 1.29 is 62.6 Å². The Morgan fingerprint density at radius 1 is 0.625 bits per heavy atom. The van der Waals surface area contributed by atoms with Crippen molar-refractivity contribution in [3.8, 4) is 0 Å². The van der Waals surface area contributed by atoms with Crippen molar-refractivity contribution in [1.82, 2.24) is 68.1 Å². The minimum absolute atomic E-state index is 0.0945. The van der Waals surface area contributed by atoms with Crippen molar-refractivity contribution in [2.75, 3.05) is 38.2 Å². The number of carbonyl (C=O) groups excluding carboxylic acids is 12. The number of aromatic amines is 2. The molecule has 0 spiro atoms. The fourth-order valence-corrected chi connectivity index (χ4v) is 8.32. The minimum atomic E-state index is -1.51. The second-order valence-corrected chi connectivity index (χ2v) is 20.5. The number of amides is 12. The lowest BCUT2D eigenvalue weighted by Gasteiger charge is -2.26. The van der Waals surface area contributed by atoms with E-state index in [1.165, 1.54) is 31.2 Å². The lowest BCUT2D eigenvalue weighted by Crippen LogP contribution is -2.59. The van der Waals surface area contributed by atoms with Crippen LogP contribution in [0.4, 0.5) is 0 Å². The molecule has 19 N–H and O–H groups in total. The van der Waals surface area contributed by atoms with Gasteiger partial charge in [-0.1, -0.05) is 45.9 Å². The molecule has 8 atom stereocenters. The van der Waals surface area contributed by atoms with Gasteiger partial charge in [0.25, 0.3) is 0 Å². The highest BCUT2D eigenvalue weighted by Gasteiger charge is 2.34. The molecule has 29 nitrogen and oxygen atoms in total. The highest BCUT2D eigenvalue weighted by atomic mass is 32.2. The van der Waals surface area contributed by atoms with Crippen LogP contribution in [0.25, 0.3) is 10.9 Å². The van der Waals surface area contributed by atoms with Crippen LogP contribution in [0.5, 0.6) is 0 Å². The molecule has 80 heavy (non-hydrogen) atoms. The normalized spacial score (nSPS) is 14.1. The highest BCUT2D eigenvalue weighted by Crippen LogP contribution is 2.20. The van der Waals surface area contributed by atoms with Crippen LogP contribution >= 0.6 is 11.8 Å². The molecule has 0 saturated heterocycles. The lowest BCUT2D eigenvalue weighted by molar-refractivity contribution is -0.135. The Morgan fingerprint density at radius 3 is 1.79 bits per heavy atom. The number of hydrogen-bond acceptors (Lipinski definition) is 16. The number of aromatic nitrogens is 3. The Balaban J connectivity index is 1.76. The van der Waals surface area contributed by atoms with Crippen molar-refractivity contribution in [2.24, 2.45) is 29.0 Å². The number of rotatable bonds is 35. The Morgan fingerprint density at radius 2 is 1.20 bits per heavy atom. The van der Waals surface area contributed by atoms with Crippen LogP contribution in [0.2, 0.25) is 0 Å². The fourth-order valence-electron chi connectivity index (χ4n) is 7.85. The number of nitrogens with two attached hydrogens (primary N) is 3. The summed E-state index contributed by atoms with van der Waals surface area (Å²) in [6, 6.07) is -3.41. The summed E-state index contributed by atoms with van der Waals surface area (Å²) in [6.45, 7) is 5.46. The van der Waals surface area contributed by atoms with Crippen LogP contribution in [0.15, 0.2) is 43.0 Å². The molecule has 0 aliphatic rings. The maximum Gasteiger partial charge on any atom is 0.245 e. The molecule has 0 fully saturated rings. The number of para-hydroxylation sites is 1. The van der Waals surface area contributed by atoms with Gasteiger partial charge in [-0.2, -0.15) is 11.8 Å². The van der Waals surface area contributed by atoms with Crippen molar-refractivity contribution in [1.29, 1.82) is 0 Å². The zero-order valence-corrected chi connectivity index (χ0v) is 46.3. The van der Waals surface area contributed by atoms with E-state index >= 15 is 0 Å². The van der Waals surface area contributed by atoms with Gasteiger partial charge in [0.15, 0.2) is 0 Å². The van der Waals surface area contributed by atoms with E-state index in [1.54, 1.807) is 44.3 Å². The number of primary amides is 2. The molecule has 0 aliphatic carbocycles. The summed E-state index contributed by atoms with van der Waals surface area (Å²) >= 11 is 1.46. The number of nitrogens with zero attached hydrogens (tertiary/aromatic N) is 1. The number of nitrogens with one attached hydrogen (secondary N) is 12. The number of imidazole rings is 1. The van der Waals surface area contributed by atoms with E-state index in [0.717, 1.165) is 0 Å². The summed E-state index contributed by atoms with van der Waals surface area (Å²) in [5.41, 5.74) is 17.8. The standard InChI is InChI=1S/C50H76N16O13S/c1-25(2)15-34(48(77)63-32(43(53)72)13-14-80-6)64-49(78)36(17-29-20-54-24-58-29)61-41(71)22-57-50(79)42(26(3)4)66-44(73)27(5)59-47(76)35(16-28-19-55-31-10-8-7-9-30(28)31)65-46(75)33(11-12-38(52)68)60-40(70)21-56-45(74)37(23-67)62-39(69)18-51/h7-10,19-20,24-27,32-37,42,55,67H,11-18,21-23,51H2,1-6H3,(H2,52,68)(H2,53,72)(H,54,58)(H,56,74)(H,57,79)(H,59,76)(H,60,70)(H,61,71)(H,62,69)(H,63,77)(H,64,78)(H,65,75)(H,66,73). The number of carbonyl (C=O) groups is 12. The Hall–Kier alpha value is -8.12. The van der Waals surface area contributed by atoms with E-state index in [9.17, 15) is 62.6 Å². The number of benzene rings is 1. The lowest BCUT2D eigenvalue weighted by atomic mass is 10.0. The molecule has 2 aromatic heterocycles. The smallest absolute Gasteiger partial charge is 0.245 e. The maximum atomic E-state index is 14.2. The van der Waals surface area contributed by atoms with Gasteiger partial charge in [0.2, 0.25) is 70.9 Å². The van der Waals surface area contributed by atoms with Crippen molar-refractivity contribution in [2.45, 2.75) is 121 Å². The largest absolute Gasteiger partial charge is 0.394 e. The first-order valence-corrected chi connectivity index (χ1v) is 27.1. The summed E-state index contributed by atoms with van der Waals surface area (Å²) in [6.07, 6.45) is 5.63. The van der Waals surface area contributed by atoms with Gasteiger partial charge in [-0.3, -0.25) is 57.5 Å². The first-order valence-electron chi connectivity index (χ1n) is 25.7. The monoisotopic (exact) mass is 1140 g/mol. The first kappa shape index (κ1) is 66.2. The second kappa shape index (κ2) is 33.3. The van der Waals surface area contributed by atoms with E-state index in [1.807, 2.05) is 20.1 Å². The predicted octanol–water partition coefficient (Wildman–Crippen LogP) is -5.04. The molecule has 0 aliphatic heterocycles. The second-order valence-electron chi connectivity index (χ2n) is 19.5. The molecule has 12 amide bonds. The predicted molar refractivity (Wildman–Crippen MR) is 292 cm³/mol. The van der Waals surface area contributed by atoms with Crippen LogP contribution < -0.4 is 70.4 Å². The topological polar surface area (TPSA) is 468 Å². The molecule has 0 saturated carbocycles. The zero-order chi connectivity index (χ0) is 59.6. The van der Waals surface area contributed by atoms with Gasteiger partial charge in [-0.15, -0.1) is 0 Å². The number of thioether (sulfide) groups is 1. The molecular weight excluding hydrogens is 1060 g/mol. The molecule has 8 unspecified atom stereocenters.